The molecule has 0 aromatic rings. The standard InChI is InChI=1S/C18H36O2/c1-5-8-10-11-14-18(19)20-15-17(12-7-3)16(4)13-9-6-2/h16-17H,5-15H2,1-4H3. The molecule has 0 saturated heterocycles. The maximum Gasteiger partial charge on any atom is 0.305 e. The van der Waals surface area contributed by atoms with Crippen LogP contribution in [0.25, 0.3) is 0 Å². The van der Waals surface area contributed by atoms with Crippen LogP contribution in [0, 0.1) is 11.8 Å². The SMILES string of the molecule is CCCCCCC(=O)OCC(CCC)C(C)CCCC. The Bertz CT molecular complexity index is 225. The van der Waals surface area contributed by atoms with Gasteiger partial charge in [-0.1, -0.05) is 72.6 Å². The molecule has 0 heterocycles. The van der Waals surface area contributed by atoms with E-state index in [1.165, 1.54) is 44.9 Å². The molecule has 0 radical (unpaired) electrons. The minimum atomic E-state index is 0.00453. The summed E-state index contributed by atoms with van der Waals surface area (Å²) < 4.78 is 5.50. The van der Waals surface area contributed by atoms with Crippen LogP contribution in [0.3, 0.4) is 0 Å². The molecule has 0 saturated carbocycles. The number of unbranched alkanes of at least 4 members (excludes halogenated alkanes) is 4. The number of hydrogen-bond acceptors (Lipinski definition) is 2. The summed E-state index contributed by atoms with van der Waals surface area (Å²) in [4.78, 5) is 11.7. The van der Waals surface area contributed by atoms with Crippen LogP contribution >= 0.6 is 0 Å². The van der Waals surface area contributed by atoms with E-state index in [9.17, 15) is 4.79 Å². The smallest absolute Gasteiger partial charge is 0.305 e. The van der Waals surface area contributed by atoms with Gasteiger partial charge in [-0.25, -0.2) is 0 Å². The number of ether oxygens (including phenoxy) is 1. The summed E-state index contributed by atoms with van der Waals surface area (Å²) in [6.07, 6.45) is 11.3. The van der Waals surface area contributed by atoms with Crippen molar-refractivity contribution in [3.05, 3.63) is 0 Å². The molecule has 2 heteroatoms. The highest BCUT2D eigenvalue weighted by Gasteiger charge is 2.18. The molecular weight excluding hydrogens is 248 g/mol. The van der Waals surface area contributed by atoms with Crippen molar-refractivity contribution in [3.8, 4) is 0 Å². The van der Waals surface area contributed by atoms with Crippen LogP contribution in [0.5, 0.6) is 0 Å². The van der Waals surface area contributed by atoms with Gasteiger partial charge in [0, 0.05) is 6.42 Å². The maximum absolute atomic E-state index is 11.7. The zero-order valence-corrected chi connectivity index (χ0v) is 14.2. The molecule has 0 fully saturated rings. The van der Waals surface area contributed by atoms with Crippen molar-refractivity contribution in [2.75, 3.05) is 6.61 Å². The zero-order chi connectivity index (χ0) is 15.2. The number of carbonyl (C=O) groups excluding carboxylic acids is 1. The average Bonchev–Trinajstić information content (AvgIpc) is 2.45. The van der Waals surface area contributed by atoms with E-state index in [1.807, 2.05) is 0 Å². The Hall–Kier alpha value is -0.530. The van der Waals surface area contributed by atoms with E-state index in [4.69, 9.17) is 4.74 Å². The third-order valence-corrected chi connectivity index (χ3v) is 4.17. The van der Waals surface area contributed by atoms with Crippen LogP contribution in [-0.4, -0.2) is 12.6 Å². The monoisotopic (exact) mass is 284 g/mol. The predicted molar refractivity (Wildman–Crippen MR) is 86.8 cm³/mol. The summed E-state index contributed by atoms with van der Waals surface area (Å²) in [5, 5.41) is 0. The molecule has 0 aliphatic carbocycles. The summed E-state index contributed by atoms with van der Waals surface area (Å²) in [7, 11) is 0. The minimum Gasteiger partial charge on any atom is -0.465 e. The van der Waals surface area contributed by atoms with Crippen molar-refractivity contribution < 1.29 is 9.53 Å². The quantitative estimate of drug-likeness (QED) is 0.318. The number of esters is 1. The Morgan fingerprint density at radius 3 is 2.20 bits per heavy atom. The van der Waals surface area contributed by atoms with Crippen LogP contribution < -0.4 is 0 Å². The van der Waals surface area contributed by atoms with Crippen LogP contribution in [0.1, 0.15) is 91.9 Å². The van der Waals surface area contributed by atoms with Gasteiger partial charge in [0.1, 0.15) is 0 Å². The van der Waals surface area contributed by atoms with E-state index in [1.54, 1.807) is 0 Å². The Balaban J connectivity index is 3.90. The second-order valence-corrected chi connectivity index (χ2v) is 6.16. The van der Waals surface area contributed by atoms with Crippen LogP contribution in [0.4, 0.5) is 0 Å². The first-order valence-electron chi connectivity index (χ1n) is 8.81. The molecule has 2 unspecified atom stereocenters. The van der Waals surface area contributed by atoms with E-state index in [0.717, 1.165) is 12.8 Å². The van der Waals surface area contributed by atoms with Gasteiger partial charge in [0.15, 0.2) is 0 Å². The first-order chi connectivity index (χ1) is 9.65. The lowest BCUT2D eigenvalue weighted by Gasteiger charge is -2.23. The Morgan fingerprint density at radius 2 is 1.60 bits per heavy atom. The summed E-state index contributed by atoms with van der Waals surface area (Å²) >= 11 is 0. The molecule has 0 aromatic carbocycles. The van der Waals surface area contributed by atoms with Crippen molar-refractivity contribution in [1.29, 1.82) is 0 Å². The third-order valence-electron chi connectivity index (χ3n) is 4.17. The van der Waals surface area contributed by atoms with E-state index in [0.29, 0.717) is 24.9 Å². The fraction of sp³-hybridized carbons (Fsp3) is 0.944. The Morgan fingerprint density at radius 1 is 0.900 bits per heavy atom. The maximum atomic E-state index is 11.7. The van der Waals surface area contributed by atoms with Gasteiger partial charge in [-0.05, 0) is 24.7 Å². The number of carbonyl (C=O) groups is 1. The van der Waals surface area contributed by atoms with Crippen molar-refractivity contribution in [2.45, 2.75) is 91.9 Å². The average molecular weight is 284 g/mol. The second kappa shape index (κ2) is 13.5. The third kappa shape index (κ3) is 10.3. The van der Waals surface area contributed by atoms with E-state index in [2.05, 4.69) is 27.7 Å². The van der Waals surface area contributed by atoms with Gasteiger partial charge in [-0.3, -0.25) is 4.79 Å². The van der Waals surface area contributed by atoms with E-state index < -0.39 is 0 Å². The molecule has 0 aliphatic rings. The molecule has 2 atom stereocenters. The summed E-state index contributed by atoms with van der Waals surface area (Å²) in [6, 6.07) is 0. The van der Waals surface area contributed by atoms with Gasteiger partial charge in [-0.15, -0.1) is 0 Å². The zero-order valence-electron chi connectivity index (χ0n) is 14.2. The molecule has 120 valence electrons. The van der Waals surface area contributed by atoms with Gasteiger partial charge in [0.25, 0.3) is 0 Å². The molecule has 0 aromatic heterocycles. The van der Waals surface area contributed by atoms with Gasteiger partial charge in [-0.2, -0.15) is 0 Å². The lowest BCUT2D eigenvalue weighted by Crippen LogP contribution is -2.20. The fourth-order valence-corrected chi connectivity index (χ4v) is 2.63. The predicted octanol–water partition coefficient (Wildman–Crippen LogP) is 5.74. The van der Waals surface area contributed by atoms with Crippen molar-refractivity contribution in [2.24, 2.45) is 11.8 Å². The molecule has 0 bridgehead atoms. The van der Waals surface area contributed by atoms with Crippen LogP contribution in [0.15, 0.2) is 0 Å². The van der Waals surface area contributed by atoms with Gasteiger partial charge in [0.2, 0.25) is 0 Å². The summed E-state index contributed by atoms with van der Waals surface area (Å²) in [6.45, 7) is 9.58. The normalized spacial score (nSPS) is 14.0. The molecule has 0 rings (SSSR count). The lowest BCUT2D eigenvalue weighted by molar-refractivity contribution is -0.145. The highest BCUT2D eigenvalue weighted by atomic mass is 16.5. The van der Waals surface area contributed by atoms with E-state index >= 15 is 0 Å². The molecule has 0 spiro atoms. The fourth-order valence-electron chi connectivity index (χ4n) is 2.63. The van der Waals surface area contributed by atoms with Gasteiger partial charge < -0.3 is 4.74 Å². The first kappa shape index (κ1) is 19.5. The van der Waals surface area contributed by atoms with Crippen LogP contribution in [-0.2, 0) is 9.53 Å². The number of rotatable bonds is 13. The molecule has 0 N–H and O–H groups in total. The number of hydrogen-bond donors (Lipinski definition) is 0. The first-order valence-corrected chi connectivity index (χ1v) is 8.81. The highest BCUT2D eigenvalue weighted by molar-refractivity contribution is 5.69. The molecule has 20 heavy (non-hydrogen) atoms. The second-order valence-electron chi connectivity index (χ2n) is 6.16. The minimum absolute atomic E-state index is 0.00453. The molecule has 0 aliphatic heterocycles. The molecular formula is C18H36O2. The largest absolute Gasteiger partial charge is 0.465 e. The Kier molecular flexibility index (Phi) is 13.1. The topological polar surface area (TPSA) is 26.3 Å². The molecule has 0 amide bonds. The highest BCUT2D eigenvalue weighted by Crippen LogP contribution is 2.23. The van der Waals surface area contributed by atoms with E-state index in [-0.39, 0.29) is 5.97 Å². The Labute approximate surface area is 126 Å². The van der Waals surface area contributed by atoms with Crippen LogP contribution in [0.2, 0.25) is 0 Å². The lowest BCUT2D eigenvalue weighted by atomic mass is 9.87. The summed E-state index contributed by atoms with van der Waals surface area (Å²) in [5.41, 5.74) is 0. The summed E-state index contributed by atoms with van der Waals surface area (Å²) in [5.74, 6) is 1.22. The van der Waals surface area contributed by atoms with Crippen molar-refractivity contribution in [1.82, 2.24) is 0 Å². The van der Waals surface area contributed by atoms with Gasteiger partial charge >= 0.3 is 5.97 Å². The van der Waals surface area contributed by atoms with Crippen molar-refractivity contribution in [3.63, 3.8) is 0 Å². The van der Waals surface area contributed by atoms with Gasteiger partial charge in [0.05, 0.1) is 6.61 Å². The molecule has 2 nitrogen and oxygen atoms in total. The van der Waals surface area contributed by atoms with Crippen molar-refractivity contribution >= 4 is 5.97 Å².